The number of aliphatic hydroxyl groups excluding tert-OH is 1. The largest absolute Gasteiger partial charge is 0.496 e. The molecular formula is C14H17N3O2. The number of aryl methyl sites for hydroxylation is 1. The lowest BCUT2D eigenvalue weighted by Gasteiger charge is -2.17. The summed E-state index contributed by atoms with van der Waals surface area (Å²) in [5.41, 5.74) is 1.06. The summed E-state index contributed by atoms with van der Waals surface area (Å²) in [6, 6.07) is 7.86. The summed E-state index contributed by atoms with van der Waals surface area (Å²) in [6.45, 7) is 0. The second kappa shape index (κ2) is 5.01. The number of hydrogen-bond acceptors (Lipinski definition) is 4. The van der Waals surface area contributed by atoms with E-state index >= 15 is 0 Å². The lowest BCUT2D eigenvalue weighted by molar-refractivity contribution is 0.0644. The van der Waals surface area contributed by atoms with Crippen molar-refractivity contribution in [3.05, 3.63) is 41.5 Å². The maximum absolute atomic E-state index is 9.88. The van der Waals surface area contributed by atoms with E-state index in [0.29, 0.717) is 6.42 Å². The molecule has 1 atom stereocenters. The van der Waals surface area contributed by atoms with Gasteiger partial charge in [-0.15, -0.1) is 0 Å². The van der Waals surface area contributed by atoms with Gasteiger partial charge in [0.25, 0.3) is 0 Å². The summed E-state index contributed by atoms with van der Waals surface area (Å²) >= 11 is 0. The molecule has 1 aromatic heterocycles. The van der Waals surface area contributed by atoms with E-state index in [-0.39, 0.29) is 0 Å². The number of hydrogen-bond donors (Lipinski definition) is 1. The van der Waals surface area contributed by atoms with Crippen LogP contribution in [0.2, 0.25) is 0 Å². The number of methoxy groups -OCH3 is 1. The molecule has 0 bridgehead atoms. The zero-order valence-electron chi connectivity index (χ0n) is 10.9. The van der Waals surface area contributed by atoms with Crippen molar-refractivity contribution in [3.63, 3.8) is 0 Å². The monoisotopic (exact) mass is 259 g/mol. The molecule has 5 heteroatoms. The van der Waals surface area contributed by atoms with Gasteiger partial charge in [-0.1, -0.05) is 18.2 Å². The number of benzene rings is 1. The SMILES string of the molecule is COc1ccccc1Cc1nc2n(n1)C(O)CCC2. The van der Waals surface area contributed by atoms with E-state index in [1.165, 1.54) is 0 Å². The van der Waals surface area contributed by atoms with E-state index in [0.717, 1.165) is 42.2 Å². The van der Waals surface area contributed by atoms with Crippen molar-refractivity contribution in [1.29, 1.82) is 0 Å². The highest BCUT2D eigenvalue weighted by Crippen LogP contribution is 2.23. The summed E-state index contributed by atoms with van der Waals surface area (Å²) in [5, 5.41) is 14.3. The maximum atomic E-state index is 9.88. The predicted molar refractivity (Wildman–Crippen MR) is 70.0 cm³/mol. The molecule has 0 saturated carbocycles. The third-order valence-electron chi connectivity index (χ3n) is 3.43. The highest BCUT2D eigenvalue weighted by Gasteiger charge is 2.21. The third kappa shape index (κ3) is 2.33. The Morgan fingerprint density at radius 3 is 3.05 bits per heavy atom. The summed E-state index contributed by atoms with van der Waals surface area (Å²) in [5.74, 6) is 2.46. The topological polar surface area (TPSA) is 60.2 Å². The van der Waals surface area contributed by atoms with Crippen LogP contribution in [0.3, 0.4) is 0 Å². The Morgan fingerprint density at radius 2 is 2.26 bits per heavy atom. The lowest BCUT2D eigenvalue weighted by atomic mass is 10.1. The molecule has 0 amide bonds. The van der Waals surface area contributed by atoms with E-state index in [1.807, 2.05) is 24.3 Å². The molecule has 100 valence electrons. The Balaban J connectivity index is 1.88. The highest BCUT2D eigenvalue weighted by atomic mass is 16.5. The number of nitrogens with zero attached hydrogens (tertiary/aromatic N) is 3. The van der Waals surface area contributed by atoms with Gasteiger partial charge in [0, 0.05) is 18.4 Å². The number of fused-ring (bicyclic) bond motifs is 1. The second-order valence-corrected chi connectivity index (χ2v) is 4.75. The van der Waals surface area contributed by atoms with Gasteiger partial charge in [-0.3, -0.25) is 0 Å². The Hall–Kier alpha value is -1.88. The number of ether oxygens (including phenoxy) is 1. The summed E-state index contributed by atoms with van der Waals surface area (Å²) in [4.78, 5) is 4.51. The fraction of sp³-hybridized carbons (Fsp3) is 0.429. The normalized spacial score (nSPS) is 18.1. The summed E-state index contributed by atoms with van der Waals surface area (Å²) < 4.78 is 6.98. The van der Waals surface area contributed by atoms with Crippen LogP contribution in [-0.2, 0) is 12.8 Å². The Bertz CT molecular complexity index is 580. The van der Waals surface area contributed by atoms with Crippen molar-refractivity contribution in [3.8, 4) is 5.75 Å². The van der Waals surface area contributed by atoms with Crippen LogP contribution >= 0.6 is 0 Å². The van der Waals surface area contributed by atoms with Gasteiger partial charge < -0.3 is 9.84 Å². The van der Waals surface area contributed by atoms with Crippen LogP contribution in [0.1, 0.15) is 36.3 Å². The van der Waals surface area contributed by atoms with Crippen LogP contribution in [0.15, 0.2) is 24.3 Å². The average Bonchev–Trinajstić information content (AvgIpc) is 2.83. The molecular weight excluding hydrogens is 242 g/mol. The zero-order chi connectivity index (χ0) is 13.2. The fourth-order valence-electron chi connectivity index (χ4n) is 2.47. The van der Waals surface area contributed by atoms with E-state index in [9.17, 15) is 5.11 Å². The quantitative estimate of drug-likeness (QED) is 0.911. The first kappa shape index (κ1) is 12.2. The molecule has 1 unspecified atom stereocenters. The van der Waals surface area contributed by atoms with Crippen molar-refractivity contribution in [2.24, 2.45) is 0 Å². The Morgan fingerprint density at radius 1 is 1.42 bits per heavy atom. The fourth-order valence-corrected chi connectivity index (χ4v) is 2.47. The Labute approximate surface area is 111 Å². The molecule has 0 fully saturated rings. The molecule has 19 heavy (non-hydrogen) atoms. The van der Waals surface area contributed by atoms with Gasteiger partial charge in [-0.25, -0.2) is 9.67 Å². The van der Waals surface area contributed by atoms with Crippen LogP contribution in [0.5, 0.6) is 5.75 Å². The first-order valence-electron chi connectivity index (χ1n) is 6.52. The molecule has 3 rings (SSSR count). The van der Waals surface area contributed by atoms with Crippen molar-refractivity contribution in [2.75, 3.05) is 7.11 Å². The Kier molecular flexibility index (Phi) is 3.21. The minimum absolute atomic E-state index is 0.525. The van der Waals surface area contributed by atoms with E-state index in [4.69, 9.17) is 4.74 Å². The minimum Gasteiger partial charge on any atom is -0.496 e. The standard InChI is InChI=1S/C14H17N3O2/c1-19-11-6-3-2-5-10(11)9-12-15-13-7-4-8-14(18)17(13)16-12/h2-3,5-6,14,18H,4,7-9H2,1H3. The maximum Gasteiger partial charge on any atom is 0.155 e. The van der Waals surface area contributed by atoms with Crippen molar-refractivity contribution in [2.45, 2.75) is 31.9 Å². The molecule has 0 aliphatic carbocycles. The van der Waals surface area contributed by atoms with Crippen molar-refractivity contribution >= 4 is 0 Å². The number of aromatic nitrogens is 3. The van der Waals surface area contributed by atoms with Gasteiger partial charge in [0.15, 0.2) is 5.82 Å². The van der Waals surface area contributed by atoms with E-state index in [1.54, 1.807) is 11.8 Å². The minimum atomic E-state index is -0.525. The van der Waals surface area contributed by atoms with Crippen LogP contribution in [-0.4, -0.2) is 27.0 Å². The zero-order valence-corrected chi connectivity index (χ0v) is 10.9. The highest BCUT2D eigenvalue weighted by molar-refractivity contribution is 5.35. The van der Waals surface area contributed by atoms with E-state index < -0.39 is 6.23 Å². The summed E-state index contributed by atoms with van der Waals surface area (Å²) in [7, 11) is 1.66. The number of para-hydroxylation sites is 1. The molecule has 1 aliphatic rings. The van der Waals surface area contributed by atoms with Gasteiger partial charge in [0.2, 0.25) is 0 Å². The van der Waals surface area contributed by atoms with Crippen LogP contribution in [0, 0.1) is 0 Å². The van der Waals surface area contributed by atoms with Crippen LogP contribution in [0.25, 0.3) is 0 Å². The van der Waals surface area contributed by atoms with Gasteiger partial charge in [-0.2, -0.15) is 5.10 Å². The first-order chi connectivity index (χ1) is 9.28. The molecule has 0 radical (unpaired) electrons. The van der Waals surface area contributed by atoms with Crippen molar-refractivity contribution < 1.29 is 9.84 Å². The lowest BCUT2D eigenvalue weighted by Crippen LogP contribution is -2.18. The predicted octanol–water partition coefficient (Wildman–Crippen LogP) is 1.70. The van der Waals surface area contributed by atoms with Gasteiger partial charge in [0.1, 0.15) is 17.8 Å². The molecule has 2 heterocycles. The van der Waals surface area contributed by atoms with Crippen LogP contribution in [0.4, 0.5) is 0 Å². The summed E-state index contributed by atoms with van der Waals surface area (Å²) in [6.07, 6.45) is 2.70. The molecule has 0 saturated heterocycles. The molecule has 2 aromatic rings. The van der Waals surface area contributed by atoms with Crippen LogP contribution < -0.4 is 4.74 Å². The van der Waals surface area contributed by atoms with Gasteiger partial charge in [-0.05, 0) is 18.9 Å². The van der Waals surface area contributed by atoms with Crippen molar-refractivity contribution in [1.82, 2.24) is 14.8 Å². The van der Waals surface area contributed by atoms with Gasteiger partial charge >= 0.3 is 0 Å². The van der Waals surface area contributed by atoms with E-state index in [2.05, 4.69) is 10.1 Å². The smallest absolute Gasteiger partial charge is 0.155 e. The number of aliphatic hydroxyl groups is 1. The molecule has 1 N–H and O–H groups in total. The molecule has 5 nitrogen and oxygen atoms in total. The first-order valence-corrected chi connectivity index (χ1v) is 6.52. The second-order valence-electron chi connectivity index (χ2n) is 4.75. The van der Waals surface area contributed by atoms with Gasteiger partial charge in [0.05, 0.1) is 7.11 Å². The average molecular weight is 259 g/mol. The third-order valence-corrected chi connectivity index (χ3v) is 3.43. The molecule has 0 spiro atoms. The molecule has 1 aromatic carbocycles. The molecule has 1 aliphatic heterocycles. The number of rotatable bonds is 3.